The number of amides is 2. The molecular weight excluding hydrogens is 560 g/mol. The fourth-order valence-corrected chi connectivity index (χ4v) is 7.21. The Kier molecular flexibility index (Phi) is 10.1. The number of thioether (sulfide) groups is 1. The van der Waals surface area contributed by atoms with Gasteiger partial charge in [0.25, 0.3) is 0 Å². The summed E-state index contributed by atoms with van der Waals surface area (Å²) >= 11 is 7.70. The first-order valence-corrected chi connectivity index (χ1v) is 16.1. The van der Waals surface area contributed by atoms with E-state index in [4.69, 9.17) is 21.3 Å². The molecule has 0 unspecified atom stereocenters. The highest BCUT2D eigenvalue weighted by molar-refractivity contribution is 7.99. The molecule has 0 radical (unpaired) electrons. The summed E-state index contributed by atoms with van der Waals surface area (Å²) in [4.78, 5) is 43.4. The summed E-state index contributed by atoms with van der Waals surface area (Å²) in [6.07, 6.45) is 6.84. The second kappa shape index (κ2) is 14.0. The number of rotatable bonds is 9. The molecule has 1 aromatic carbocycles. The smallest absolute Gasteiger partial charge is 0.233 e. The van der Waals surface area contributed by atoms with Gasteiger partial charge in [0.2, 0.25) is 11.8 Å². The van der Waals surface area contributed by atoms with Gasteiger partial charge >= 0.3 is 0 Å². The van der Waals surface area contributed by atoms with Crippen LogP contribution in [0.15, 0.2) is 35.5 Å². The highest BCUT2D eigenvalue weighted by Crippen LogP contribution is 2.30. The van der Waals surface area contributed by atoms with E-state index in [9.17, 15) is 9.59 Å². The molecule has 222 valence electrons. The first kappa shape index (κ1) is 29.8. The molecule has 11 heteroatoms. The molecule has 0 spiro atoms. The average molecular weight is 601 g/mol. The summed E-state index contributed by atoms with van der Waals surface area (Å²) in [5.74, 6) is 2.91. The van der Waals surface area contributed by atoms with E-state index in [2.05, 4.69) is 27.8 Å². The Hall–Kier alpha value is -2.72. The Morgan fingerprint density at radius 1 is 1.00 bits per heavy atom. The molecule has 1 aromatic heterocycles. The number of aromatic nitrogens is 2. The van der Waals surface area contributed by atoms with Crippen molar-refractivity contribution in [3.8, 4) is 5.75 Å². The first-order valence-electron chi connectivity index (χ1n) is 14.8. The summed E-state index contributed by atoms with van der Waals surface area (Å²) < 4.78 is 5.50. The van der Waals surface area contributed by atoms with Crippen LogP contribution in [0.3, 0.4) is 0 Å². The Bertz CT molecular complexity index is 1200. The Morgan fingerprint density at radius 2 is 1.73 bits per heavy atom. The summed E-state index contributed by atoms with van der Waals surface area (Å²) in [6.45, 7) is 6.98. The molecule has 1 saturated carbocycles. The van der Waals surface area contributed by atoms with Gasteiger partial charge in [0.1, 0.15) is 16.7 Å². The van der Waals surface area contributed by atoms with Crippen LogP contribution in [0.2, 0.25) is 5.15 Å². The largest absolute Gasteiger partial charge is 0.495 e. The molecule has 2 aromatic rings. The fourth-order valence-electron chi connectivity index (χ4n) is 6.22. The van der Waals surface area contributed by atoms with Crippen molar-refractivity contribution in [3.63, 3.8) is 0 Å². The van der Waals surface area contributed by atoms with Gasteiger partial charge in [-0.3, -0.25) is 9.59 Å². The number of anilines is 2. The second-order valence-electron chi connectivity index (χ2n) is 11.2. The van der Waals surface area contributed by atoms with Crippen molar-refractivity contribution in [2.45, 2.75) is 56.6 Å². The molecule has 1 atom stereocenters. The predicted octanol–water partition coefficient (Wildman–Crippen LogP) is 4.59. The van der Waals surface area contributed by atoms with Crippen LogP contribution < -0.4 is 14.5 Å². The molecule has 1 aliphatic carbocycles. The van der Waals surface area contributed by atoms with Crippen molar-refractivity contribution >= 4 is 46.7 Å². The number of halogens is 1. The molecule has 9 nitrogen and oxygen atoms in total. The minimum absolute atomic E-state index is 0.0677. The van der Waals surface area contributed by atoms with Crippen LogP contribution in [0.5, 0.6) is 5.75 Å². The fraction of sp³-hybridized carbons (Fsp3) is 0.600. The molecule has 2 amide bonds. The van der Waals surface area contributed by atoms with Crippen LogP contribution in [-0.2, 0) is 9.59 Å². The number of hydrogen-bond acceptors (Lipinski definition) is 8. The predicted molar refractivity (Wildman–Crippen MR) is 164 cm³/mol. The SMILES string of the molecule is COc1ccccc1N1CCN(C(=O)CSc2nc(Cl)cc(N3CCN(C(=O)CCC4CCCC4)[C@@H](C)C3)n2)CC1. The second-order valence-corrected chi connectivity index (χ2v) is 12.6. The van der Waals surface area contributed by atoms with E-state index >= 15 is 0 Å². The number of methoxy groups -OCH3 is 1. The summed E-state index contributed by atoms with van der Waals surface area (Å²) in [6, 6.07) is 9.85. The van der Waals surface area contributed by atoms with E-state index in [1.807, 2.05) is 28.0 Å². The summed E-state index contributed by atoms with van der Waals surface area (Å²) in [5, 5.41) is 0.856. The standard InChI is InChI=1S/C30H41ClN6O3S/c1-22-20-36(17-18-37(22)28(38)12-11-23-7-3-4-8-23)27-19-26(31)32-30(33-27)41-21-29(39)35-15-13-34(14-16-35)24-9-5-6-10-25(24)40-2/h5-6,9-10,19,22-23H,3-4,7-8,11-18,20-21H2,1-2H3/t22-/m0/s1. The summed E-state index contributed by atoms with van der Waals surface area (Å²) in [5.41, 5.74) is 1.06. The third-order valence-electron chi connectivity index (χ3n) is 8.56. The maximum atomic E-state index is 13.0. The minimum atomic E-state index is 0.0677. The molecular formula is C30H41ClN6O3S. The van der Waals surface area contributed by atoms with Crippen LogP contribution in [0.4, 0.5) is 11.5 Å². The lowest BCUT2D eigenvalue weighted by Crippen LogP contribution is -2.54. The van der Waals surface area contributed by atoms with E-state index in [1.54, 1.807) is 13.2 Å². The van der Waals surface area contributed by atoms with Crippen molar-refractivity contribution in [2.24, 2.45) is 5.92 Å². The van der Waals surface area contributed by atoms with Crippen LogP contribution in [0.25, 0.3) is 0 Å². The number of ether oxygens (including phenoxy) is 1. The zero-order valence-electron chi connectivity index (χ0n) is 24.1. The monoisotopic (exact) mass is 600 g/mol. The Labute approximate surface area is 252 Å². The van der Waals surface area contributed by atoms with Crippen molar-refractivity contribution in [2.75, 3.05) is 68.5 Å². The number of benzene rings is 1. The zero-order chi connectivity index (χ0) is 28.8. The number of para-hydroxylation sites is 2. The average Bonchev–Trinajstić information content (AvgIpc) is 3.52. The van der Waals surface area contributed by atoms with Crippen molar-refractivity contribution in [3.05, 3.63) is 35.5 Å². The van der Waals surface area contributed by atoms with Gasteiger partial charge < -0.3 is 24.3 Å². The van der Waals surface area contributed by atoms with Gasteiger partial charge in [-0.05, 0) is 31.4 Å². The highest BCUT2D eigenvalue weighted by atomic mass is 35.5. The lowest BCUT2D eigenvalue weighted by molar-refractivity contribution is -0.134. The zero-order valence-corrected chi connectivity index (χ0v) is 25.7. The van der Waals surface area contributed by atoms with E-state index in [0.717, 1.165) is 42.7 Å². The molecule has 2 saturated heterocycles. The number of carbonyl (C=O) groups is 2. The Balaban J connectivity index is 1.10. The molecule has 5 rings (SSSR count). The molecule has 3 heterocycles. The highest BCUT2D eigenvalue weighted by Gasteiger charge is 2.29. The maximum absolute atomic E-state index is 13.0. The molecule has 2 aliphatic heterocycles. The van der Waals surface area contributed by atoms with Crippen molar-refractivity contribution < 1.29 is 14.3 Å². The van der Waals surface area contributed by atoms with Gasteiger partial charge in [0, 0.05) is 64.3 Å². The van der Waals surface area contributed by atoms with Crippen molar-refractivity contribution in [1.29, 1.82) is 0 Å². The van der Waals surface area contributed by atoms with Gasteiger partial charge in [0.15, 0.2) is 5.16 Å². The number of nitrogens with zero attached hydrogens (tertiary/aromatic N) is 6. The first-order chi connectivity index (χ1) is 19.9. The molecule has 3 fully saturated rings. The normalized spacial score (nSPS) is 20.0. The third-order valence-corrected chi connectivity index (χ3v) is 9.58. The maximum Gasteiger partial charge on any atom is 0.233 e. The topological polar surface area (TPSA) is 82.1 Å². The van der Waals surface area contributed by atoms with Crippen LogP contribution in [0, 0.1) is 5.92 Å². The van der Waals surface area contributed by atoms with Gasteiger partial charge in [-0.2, -0.15) is 0 Å². The van der Waals surface area contributed by atoms with Gasteiger partial charge in [-0.15, -0.1) is 0 Å². The van der Waals surface area contributed by atoms with E-state index in [0.29, 0.717) is 49.5 Å². The lowest BCUT2D eigenvalue weighted by Gasteiger charge is -2.40. The molecule has 3 aliphatic rings. The number of piperazine rings is 2. The van der Waals surface area contributed by atoms with Gasteiger partial charge in [0.05, 0.1) is 18.6 Å². The van der Waals surface area contributed by atoms with Gasteiger partial charge in [-0.1, -0.05) is 61.2 Å². The Morgan fingerprint density at radius 3 is 2.46 bits per heavy atom. The minimum Gasteiger partial charge on any atom is -0.495 e. The third kappa shape index (κ3) is 7.57. The lowest BCUT2D eigenvalue weighted by atomic mass is 10.0. The van der Waals surface area contributed by atoms with E-state index in [-0.39, 0.29) is 23.6 Å². The van der Waals surface area contributed by atoms with Crippen molar-refractivity contribution in [1.82, 2.24) is 19.8 Å². The van der Waals surface area contributed by atoms with Crippen LogP contribution in [-0.4, -0.2) is 96.3 Å². The number of hydrogen-bond donors (Lipinski definition) is 0. The summed E-state index contributed by atoms with van der Waals surface area (Å²) in [7, 11) is 1.68. The molecule has 0 N–H and O–H groups in total. The van der Waals surface area contributed by atoms with E-state index in [1.165, 1.54) is 37.4 Å². The van der Waals surface area contributed by atoms with Crippen LogP contribution in [0.1, 0.15) is 45.4 Å². The van der Waals surface area contributed by atoms with E-state index < -0.39 is 0 Å². The molecule has 41 heavy (non-hydrogen) atoms. The quantitative estimate of drug-likeness (QED) is 0.235. The van der Waals surface area contributed by atoms with Gasteiger partial charge in [-0.25, -0.2) is 9.97 Å². The van der Waals surface area contributed by atoms with Crippen LogP contribution >= 0.6 is 23.4 Å². The molecule has 0 bridgehead atoms. The number of carbonyl (C=O) groups excluding carboxylic acids is 2.